The van der Waals surface area contributed by atoms with Gasteiger partial charge < -0.3 is 15.3 Å². The highest BCUT2D eigenvalue weighted by atomic mass is 19.1. The third-order valence-electron chi connectivity index (χ3n) is 4.69. The standard InChI is InChI=1S/C17H26F2N6O3/c1-25(2)15-13(19)14(21-12(8-18)22-15)23-24-16(26)11(9-20-17(27)28)7-10-5-3-4-6-10/h10-11,20H,3-9H2,1-2H3,(H,24,26)(H,27,28)(H,21,22,23)/t11-/m1/s1. The van der Waals surface area contributed by atoms with Gasteiger partial charge in [0.1, 0.15) is 6.67 Å². The summed E-state index contributed by atoms with van der Waals surface area (Å²) in [5, 5.41) is 11.0. The Morgan fingerprint density at radius 2 is 1.96 bits per heavy atom. The molecule has 1 aromatic rings. The number of carboxylic acid groups (broad SMARTS) is 1. The predicted molar refractivity (Wildman–Crippen MR) is 99.0 cm³/mol. The molecule has 0 spiro atoms. The van der Waals surface area contributed by atoms with Crippen LogP contribution in [0, 0.1) is 17.7 Å². The summed E-state index contributed by atoms with van der Waals surface area (Å²) in [7, 11) is 3.09. The summed E-state index contributed by atoms with van der Waals surface area (Å²) in [4.78, 5) is 32.2. The molecule has 2 rings (SSSR count). The van der Waals surface area contributed by atoms with E-state index in [1.165, 1.54) is 4.90 Å². The first-order chi connectivity index (χ1) is 13.3. The largest absolute Gasteiger partial charge is 0.465 e. The van der Waals surface area contributed by atoms with Gasteiger partial charge in [0.2, 0.25) is 11.7 Å². The maximum absolute atomic E-state index is 14.5. The second-order valence-electron chi connectivity index (χ2n) is 7.04. The molecule has 2 amide bonds. The topological polar surface area (TPSA) is 119 Å². The van der Waals surface area contributed by atoms with Crippen LogP contribution in [0.3, 0.4) is 0 Å². The summed E-state index contributed by atoms with van der Waals surface area (Å²) < 4.78 is 27.4. The van der Waals surface area contributed by atoms with E-state index in [4.69, 9.17) is 5.11 Å². The third-order valence-corrected chi connectivity index (χ3v) is 4.69. The monoisotopic (exact) mass is 400 g/mol. The first-order valence-electron chi connectivity index (χ1n) is 9.14. The van der Waals surface area contributed by atoms with E-state index in [1.54, 1.807) is 14.1 Å². The minimum absolute atomic E-state index is 0.0513. The molecular formula is C17H26F2N6O3. The molecule has 0 unspecified atom stereocenters. The predicted octanol–water partition coefficient (Wildman–Crippen LogP) is 2.06. The number of hydrazine groups is 1. The van der Waals surface area contributed by atoms with Crippen LogP contribution < -0.4 is 21.1 Å². The summed E-state index contributed by atoms with van der Waals surface area (Å²) >= 11 is 0. The summed E-state index contributed by atoms with van der Waals surface area (Å²) in [5.74, 6) is -2.30. The molecule has 0 aliphatic heterocycles. The second kappa shape index (κ2) is 10.00. The summed E-state index contributed by atoms with van der Waals surface area (Å²) in [6.45, 7) is -1.04. The highest BCUT2D eigenvalue weighted by Crippen LogP contribution is 2.30. The van der Waals surface area contributed by atoms with E-state index >= 15 is 0 Å². The fourth-order valence-electron chi connectivity index (χ4n) is 3.28. The van der Waals surface area contributed by atoms with Crippen LogP contribution in [0.25, 0.3) is 0 Å². The van der Waals surface area contributed by atoms with Gasteiger partial charge in [-0.25, -0.2) is 19.2 Å². The van der Waals surface area contributed by atoms with Gasteiger partial charge >= 0.3 is 6.09 Å². The maximum atomic E-state index is 14.5. The highest BCUT2D eigenvalue weighted by molar-refractivity contribution is 5.80. The van der Waals surface area contributed by atoms with Crippen LogP contribution in [0.1, 0.15) is 37.9 Å². The Hall–Kier alpha value is -2.72. The Balaban J connectivity index is 2.07. The van der Waals surface area contributed by atoms with Crippen molar-refractivity contribution in [2.75, 3.05) is 31.0 Å². The van der Waals surface area contributed by atoms with E-state index in [2.05, 4.69) is 26.1 Å². The van der Waals surface area contributed by atoms with Gasteiger partial charge in [-0.05, 0) is 12.3 Å². The summed E-state index contributed by atoms with van der Waals surface area (Å²) in [6.07, 6.45) is 3.48. The van der Waals surface area contributed by atoms with Crippen molar-refractivity contribution in [3.63, 3.8) is 0 Å². The number of halogens is 2. The molecular weight excluding hydrogens is 374 g/mol. The van der Waals surface area contributed by atoms with Crippen molar-refractivity contribution in [3.05, 3.63) is 11.6 Å². The van der Waals surface area contributed by atoms with E-state index in [0.717, 1.165) is 25.7 Å². The first-order valence-corrected chi connectivity index (χ1v) is 9.14. The Bertz CT molecular complexity index is 698. The van der Waals surface area contributed by atoms with E-state index in [-0.39, 0.29) is 24.0 Å². The molecule has 9 nitrogen and oxygen atoms in total. The molecule has 0 aromatic carbocycles. The van der Waals surface area contributed by atoms with Crippen LogP contribution in [0.15, 0.2) is 0 Å². The van der Waals surface area contributed by atoms with Gasteiger partial charge in [-0.1, -0.05) is 25.7 Å². The van der Waals surface area contributed by atoms with Gasteiger partial charge in [-0.2, -0.15) is 4.39 Å². The number of hydrogen-bond acceptors (Lipinski definition) is 6. The molecule has 1 aliphatic rings. The second-order valence-corrected chi connectivity index (χ2v) is 7.04. The lowest BCUT2D eigenvalue weighted by molar-refractivity contribution is -0.124. The molecule has 4 N–H and O–H groups in total. The number of hydrogen-bond donors (Lipinski definition) is 4. The number of amides is 2. The fourth-order valence-corrected chi connectivity index (χ4v) is 3.28. The van der Waals surface area contributed by atoms with Crippen molar-refractivity contribution in [2.24, 2.45) is 11.8 Å². The van der Waals surface area contributed by atoms with Crippen LogP contribution in [0.2, 0.25) is 0 Å². The number of carbonyl (C=O) groups is 2. The van der Waals surface area contributed by atoms with Crippen LogP contribution in [-0.4, -0.2) is 47.7 Å². The van der Waals surface area contributed by atoms with Crippen LogP contribution in [0.5, 0.6) is 0 Å². The molecule has 11 heteroatoms. The molecule has 1 aromatic heterocycles. The normalized spacial score (nSPS) is 15.1. The van der Waals surface area contributed by atoms with E-state index < -0.39 is 30.4 Å². The van der Waals surface area contributed by atoms with Crippen LogP contribution >= 0.6 is 0 Å². The lowest BCUT2D eigenvalue weighted by atomic mass is 9.92. The lowest BCUT2D eigenvalue weighted by Gasteiger charge is -2.21. The molecule has 156 valence electrons. The van der Waals surface area contributed by atoms with Crippen molar-refractivity contribution >= 4 is 23.6 Å². The molecule has 0 bridgehead atoms. The van der Waals surface area contributed by atoms with Gasteiger partial charge in [0.25, 0.3) is 0 Å². The molecule has 1 heterocycles. The molecule has 1 fully saturated rings. The zero-order chi connectivity index (χ0) is 20.7. The highest BCUT2D eigenvalue weighted by Gasteiger charge is 2.26. The van der Waals surface area contributed by atoms with E-state index in [0.29, 0.717) is 12.3 Å². The minimum Gasteiger partial charge on any atom is -0.465 e. The number of carbonyl (C=O) groups excluding carboxylic acids is 1. The summed E-state index contributed by atoms with van der Waals surface area (Å²) in [6, 6.07) is 0. The Kier molecular flexibility index (Phi) is 7.70. The smallest absolute Gasteiger partial charge is 0.404 e. The van der Waals surface area contributed by atoms with Crippen molar-refractivity contribution < 1.29 is 23.5 Å². The van der Waals surface area contributed by atoms with Crippen molar-refractivity contribution in [2.45, 2.75) is 38.8 Å². The number of alkyl halides is 1. The molecule has 28 heavy (non-hydrogen) atoms. The molecule has 0 radical (unpaired) electrons. The van der Waals surface area contributed by atoms with Crippen molar-refractivity contribution in [1.29, 1.82) is 0 Å². The van der Waals surface area contributed by atoms with E-state index in [1.807, 2.05) is 0 Å². The third kappa shape index (κ3) is 5.89. The zero-order valence-corrected chi connectivity index (χ0v) is 16.0. The average Bonchev–Trinajstić information content (AvgIpc) is 3.16. The number of rotatable bonds is 9. The number of anilines is 2. The SMILES string of the molecule is CN(C)c1nc(CF)nc(NNC(=O)[C@@H](CNC(=O)O)CC2CCCC2)c1F. The number of aromatic nitrogens is 2. The van der Waals surface area contributed by atoms with Gasteiger partial charge in [0.05, 0.1) is 5.92 Å². The van der Waals surface area contributed by atoms with Gasteiger partial charge in [-0.15, -0.1) is 0 Å². The summed E-state index contributed by atoms with van der Waals surface area (Å²) in [5.41, 5.74) is 4.74. The Morgan fingerprint density at radius 3 is 2.54 bits per heavy atom. The van der Waals surface area contributed by atoms with Gasteiger partial charge in [-0.3, -0.25) is 15.6 Å². The fraction of sp³-hybridized carbons (Fsp3) is 0.647. The lowest BCUT2D eigenvalue weighted by Crippen LogP contribution is -2.42. The number of nitrogens with zero attached hydrogens (tertiary/aromatic N) is 3. The van der Waals surface area contributed by atoms with Crippen molar-refractivity contribution in [1.82, 2.24) is 20.7 Å². The van der Waals surface area contributed by atoms with Gasteiger partial charge in [0, 0.05) is 20.6 Å². The molecule has 0 saturated heterocycles. The molecule has 1 aliphatic carbocycles. The molecule has 1 atom stereocenters. The number of nitrogens with one attached hydrogen (secondary N) is 3. The zero-order valence-electron chi connectivity index (χ0n) is 16.0. The first kappa shape index (κ1) is 21.6. The minimum atomic E-state index is -1.22. The van der Waals surface area contributed by atoms with Crippen molar-refractivity contribution in [3.8, 4) is 0 Å². The van der Waals surface area contributed by atoms with Crippen LogP contribution in [0.4, 0.5) is 25.2 Å². The molecule has 1 saturated carbocycles. The van der Waals surface area contributed by atoms with Gasteiger partial charge in [0.15, 0.2) is 17.5 Å². The van der Waals surface area contributed by atoms with E-state index in [9.17, 15) is 18.4 Å². The Morgan fingerprint density at radius 1 is 1.29 bits per heavy atom. The maximum Gasteiger partial charge on any atom is 0.404 e. The average molecular weight is 400 g/mol. The Labute approximate surface area is 161 Å². The van der Waals surface area contributed by atoms with Crippen LogP contribution in [-0.2, 0) is 11.5 Å². The quantitative estimate of drug-likeness (QED) is 0.468.